The molecule has 15 heavy (non-hydrogen) atoms. The number of hydrogen-bond donors (Lipinski definition) is 1. The monoisotopic (exact) mass is 227 g/mol. The molecule has 0 heterocycles. The second kappa shape index (κ2) is 4.91. The molecular formula is C10H10ClNO3. The summed E-state index contributed by atoms with van der Waals surface area (Å²) in [6.45, 7) is 1.62. The number of halogens is 1. The van der Waals surface area contributed by atoms with Crippen molar-refractivity contribution in [1.29, 1.82) is 0 Å². The number of nitrogens with zero attached hydrogens (tertiary/aromatic N) is 1. The first-order chi connectivity index (χ1) is 7.04. The van der Waals surface area contributed by atoms with E-state index in [1.165, 1.54) is 18.2 Å². The molecule has 1 aromatic carbocycles. The van der Waals surface area contributed by atoms with Crippen LogP contribution in [0.3, 0.4) is 0 Å². The first kappa shape index (κ1) is 11.7. The van der Waals surface area contributed by atoms with Crippen LogP contribution in [0.5, 0.6) is 0 Å². The van der Waals surface area contributed by atoms with Gasteiger partial charge in [-0.3, -0.25) is 10.1 Å². The maximum atomic E-state index is 10.5. The first-order valence-electron chi connectivity index (χ1n) is 4.26. The van der Waals surface area contributed by atoms with Gasteiger partial charge in [0.15, 0.2) is 0 Å². The molecule has 0 saturated carbocycles. The van der Waals surface area contributed by atoms with Crippen LogP contribution in [0.15, 0.2) is 23.8 Å². The summed E-state index contributed by atoms with van der Waals surface area (Å²) < 4.78 is 0. The molecule has 0 radical (unpaired) electrons. The van der Waals surface area contributed by atoms with Gasteiger partial charge in [0.1, 0.15) is 0 Å². The van der Waals surface area contributed by atoms with Gasteiger partial charge in [-0.05, 0) is 24.1 Å². The molecule has 0 aliphatic carbocycles. The minimum Gasteiger partial charge on any atom is -0.392 e. The van der Waals surface area contributed by atoms with E-state index in [-0.39, 0.29) is 12.3 Å². The van der Waals surface area contributed by atoms with Gasteiger partial charge in [-0.25, -0.2) is 0 Å². The second-order valence-electron chi connectivity index (χ2n) is 3.11. The highest BCUT2D eigenvalue weighted by molar-refractivity contribution is 6.32. The van der Waals surface area contributed by atoms with Gasteiger partial charge in [-0.1, -0.05) is 17.7 Å². The molecule has 0 aliphatic heterocycles. The maximum absolute atomic E-state index is 10.5. The van der Waals surface area contributed by atoms with Crippen molar-refractivity contribution in [3.05, 3.63) is 44.5 Å². The number of rotatable bonds is 3. The Balaban J connectivity index is 3.17. The van der Waals surface area contributed by atoms with Crippen molar-refractivity contribution in [3.63, 3.8) is 0 Å². The molecule has 5 heteroatoms. The molecule has 0 amide bonds. The maximum Gasteiger partial charge on any atom is 0.270 e. The van der Waals surface area contributed by atoms with Crippen LogP contribution in [0.4, 0.5) is 5.69 Å². The van der Waals surface area contributed by atoms with Gasteiger partial charge in [0.2, 0.25) is 0 Å². The smallest absolute Gasteiger partial charge is 0.270 e. The molecule has 0 spiro atoms. The highest BCUT2D eigenvalue weighted by atomic mass is 35.5. The molecular weight excluding hydrogens is 218 g/mol. The van der Waals surface area contributed by atoms with Gasteiger partial charge in [-0.15, -0.1) is 0 Å². The van der Waals surface area contributed by atoms with Crippen LogP contribution in [-0.4, -0.2) is 16.6 Å². The molecule has 0 unspecified atom stereocenters. The highest BCUT2D eigenvalue weighted by Crippen LogP contribution is 2.23. The lowest BCUT2D eigenvalue weighted by Crippen LogP contribution is -1.90. The molecule has 0 fully saturated rings. The number of nitro benzene ring substituents is 1. The zero-order valence-electron chi connectivity index (χ0n) is 8.11. The van der Waals surface area contributed by atoms with E-state index in [2.05, 4.69) is 0 Å². The molecule has 0 atom stereocenters. The third-order valence-electron chi connectivity index (χ3n) is 1.84. The number of hydrogen-bond acceptors (Lipinski definition) is 3. The molecule has 1 aromatic rings. The lowest BCUT2D eigenvalue weighted by Gasteiger charge is -2.00. The SMILES string of the molecule is CC(=Cc1cc([N+](=O)[O-])ccc1Cl)CO. The Bertz CT molecular complexity index is 415. The van der Waals surface area contributed by atoms with Crippen molar-refractivity contribution in [2.45, 2.75) is 6.92 Å². The van der Waals surface area contributed by atoms with Crippen molar-refractivity contribution >= 4 is 23.4 Å². The fourth-order valence-electron chi connectivity index (χ4n) is 1.07. The average molecular weight is 228 g/mol. The molecule has 1 rings (SSSR count). The third-order valence-corrected chi connectivity index (χ3v) is 2.19. The van der Waals surface area contributed by atoms with Gasteiger partial charge in [0.25, 0.3) is 5.69 Å². The lowest BCUT2D eigenvalue weighted by molar-refractivity contribution is -0.384. The number of aliphatic hydroxyl groups excluding tert-OH is 1. The summed E-state index contributed by atoms with van der Waals surface area (Å²) in [5.41, 5.74) is 1.21. The third kappa shape index (κ3) is 3.04. The van der Waals surface area contributed by atoms with Crippen LogP contribution in [0.25, 0.3) is 6.08 Å². The first-order valence-corrected chi connectivity index (χ1v) is 4.64. The van der Waals surface area contributed by atoms with Gasteiger partial charge < -0.3 is 5.11 Å². The zero-order chi connectivity index (χ0) is 11.4. The predicted octanol–water partition coefficient (Wildman–Crippen LogP) is 2.64. The Kier molecular flexibility index (Phi) is 3.82. The number of benzene rings is 1. The molecule has 4 nitrogen and oxygen atoms in total. The van der Waals surface area contributed by atoms with Crippen molar-refractivity contribution in [3.8, 4) is 0 Å². The zero-order valence-corrected chi connectivity index (χ0v) is 8.86. The minimum atomic E-state index is -0.484. The van der Waals surface area contributed by atoms with Crippen molar-refractivity contribution in [1.82, 2.24) is 0 Å². The summed E-state index contributed by atoms with van der Waals surface area (Å²) in [7, 11) is 0. The summed E-state index contributed by atoms with van der Waals surface area (Å²) in [5, 5.41) is 19.8. The molecule has 0 saturated heterocycles. The fraction of sp³-hybridized carbons (Fsp3) is 0.200. The molecule has 0 bridgehead atoms. The average Bonchev–Trinajstić information content (AvgIpc) is 2.20. The largest absolute Gasteiger partial charge is 0.392 e. The number of aliphatic hydroxyl groups is 1. The van der Waals surface area contributed by atoms with E-state index >= 15 is 0 Å². The van der Waals surface area contributed by atoms with Gasteiger partial charge >= 0.3 is 0 Å². The Morgan fingerprint density at radius 1 is 1.67 bits per heavy atom. The van der Waals surface area contributed by atoms with Crippen molar-refractivity contribution < 1.29 is 10.0 Å². The summed E-state index contributed by atoms with van der Waals surface area (Å²) in [6.07, 6.45) is 1.62. The van der Waals surface area contributed by atoms with E-state index in [1.54, 1.807) is 13.0 Å². The van der Waals surface area contributed by atoms with E-state index < -0.39 is 4.92 Å². The molecule has 0 aliphatic rings. The summed E-state index contributed by atoms with van der Waals surface area (Å²) in [4.78, 5) is 10.0. The number of non-ortho nitro benzene ring substituents is 1. The molecule has 80 valence electrons. The Labute approximate surface area is 92.0 Å². The van der Waals surface area contributed by atoms with Gasteiger partial charge in [-0.2, -0.15) is 0 Å². The lowest BCUT2D eigenvalue weighted by atomic mass is 10.1. The van der Waals surface area contributed by atoms with Gasteiger partial charge in [0, 0.05) is 17.2 Å². The summed E-state index contributed by atoms with van der Waals surface area (Å²) >= 11 is 5.85. The van der Waals surface area contributed by atoms with Crippen molar-refractivity contribution in [2.75, 3.05) is 6.61 Å². The quantitative estimate of drug-likeness (QED) is 0.638. The minimum absolute atomic E-state index is 0.0172. The standard InChI is InChI=1S/C10H10ClNO3/c1-7(6-13)4-8-5-9(12(14)15)2-3-10(8)11/h2-5,13H,6H2,1H3. The molecule has 1 N–H and O–H groups in total. The van der Waals surface area contributed by atoms with E-state index in [4.69, 9.17) is 16.7 Å². The van der Waals surface area contributed by atoms with Crippen LogP contribution < -0.4 is 0 Å². The normalized spacial score (nSPS) is 11.5. The van der Waals surface area contributed by atoms with Crippen molar-refractivity contribution in [2.24, 2.45) is 0 Å². The van der Waals surface area contributed by atoms with Crippen LogP contribution in [0.2, 0.25) is 5.02 Å². The van der Waals surface area contributed by atoms with Crippen LogP contribution in [-0.2, 0) is 0 Å². The number of nitro groups is 1. The predicted molar refractivity (Wildman–Crippen MR) is 58.8 cm³/mol. The van der Waals surface area contributed by atoms with Gasteiger partial charge in [0.05, 0.1) is 11.5 Å². The topological polar surface area (TPSA) is 63.4 Å². The Hall–Kier alpha value is -1.39. The molecule has 0 aromatic heterocycles. The van der Waals surface area contributed by atoms with Crippen LogP contribution >= 0.6 is 11.6 Å². The van der Waals surface area contributed by atoms with E-state index in [0.717, 1.165) is 0 Å². The summed E-state index contributed by atoms with van der Waals surface area (Å²) in [6, 6.07) is 4.19. The van der Waals surface area contributed by atoms with Crippen LogP contribution in [0, 0.1) is 10.1 Å². The summed E-state index contributed by atoms with van der Waals surface area (Å²) in [5.74, 6) is 0. The van der Waals surface area contributed by atoms with E-state index in [1.807, 2.05) is 0 Å². The second-order valence-corrected chi connectivity index (χ2v) is 3.52. The van der Waals surface area contributed by atoms with E-state index in [9.17, 15) is 10.1 Å². The Morgan fingerprint density at radius 3 is 2.87 bits per heavy atom. The highest BCUT2D eigenvalue weighted by Gasteiger charge is 2.07. The van der Waals surface area contributed by atoms with Crippen LogP contribution in [0.1, 0.15) is 12.5 Å². The Morgan fingerprint density at radius 2 is 2.33 bits per heavy atom. The fourth-order valence-corrected chi connectivity index (χ4v) is 1.24. The van der Waals surface area contributed by atoms with E-state index in [0.29, 0.717) is 16.2 Å².